The molecule has 0 aliphatic heterocycles. The number of hydrogen-bond acceptors (Lipinski definition) is 1. The van der Waals surface area contributed by atoms with E-state index in [2.05, 4.69) is 80.9 Å². The molecular weight excluding hydrogens is 256 g/mol. The van der Waals surface area contributed by atoms with E-state index in [1.165, 1.54) is 22.5 Å². The molecule has 1 aromatic carbocycles. The summed E-state index contributed by atoms with van der Waals surface area (Å²) < 4.78 is 2.45. The molecule has 2 nitrogen and oxygen atoms in total. The van der Waals surface area contributed by atoms with E-state index < -0.39 is 0 Å². The third kappa shape index (κ3) is 3.76. The number of benzene rings is 1. The Bertz CT molecular complexity index is 567. The number of aromatic nitrogens is 1. The van der Waals surface area contributed by atoms with E-state index in [0.29, 0.717) is 12.0 Å². The molecule has 0 aliphatic rings. The van der Waals surface area contributed by atoms with Gasteiger partial charge in [-0.15, -0.1) is 0 Å². The fourth-order valence-corrected chi connectivity index (χ4v) is 3.00. The van der Waals surface area contributed by atoms with Crippen LogP contribution in [0.15, 0.2) is 36.4 Å². The summed E-state index contributed by atoms with van der Waals surface area (Å²) in [4.78, 5) is 0. The molecular formula is C19H28N2. The van der Waals surface area contributed by atoms with E-state index in [9.17, 15) is 0 Å². The van der Waals surface area contributed by atoms with Gasteiger partial charge < -0.3 is 9.88 Å². The molecule has 2 heteroatoms. The minimum absolute atomic E-state index is 0.380. The third-order valence-corrected chi connectivity index (χ3v) is 4.13. The lowest BCUT2D eigenvalue weighted by Crippen LogP contribution is -2.19. The van der Waals surface area contributed by atoms with Crippen LogP contribution in [0.2, 0.25) is 0 Å². The van der Waals surface area contributed by atoms with Gasteiger partial charge in [-0.25, -0.2) is 0 Å². The van der Waals surface area contributed by atoms with Crippen molar-refractivity contribution < 1.29 is 0 Å². The van der Waals surface area contributed by atoms with Crippen LogP contribution < -0.4 is 5.32 Å². The molecule has 0 bridgehead atoms. The summed E-state index contributed by atoms with van der Waals surface area (Å²) in [6.45, 7) is 13.2. The van der Waals surface area contributed by atoms with Crippen LogP contribution in [0.25, 0.3) is 0 Å². The Morgan fingerprint density at radius 3 is 2.33 bits per heavy atom. The summed E-state index contributed by atoms with van der Waals surface area (Å²) in [5, 5.41) is 3.55. The number of hydrogen-bond donors (Lipinski definition) is 1. The molecule has 1 atom stereocenters. The smallest absolute Gasteiger partial charge is 0.0556 e. The lowest BCUT2D eigenvalue weighted by Gasteiger charge is -2.19. The Kier molecular flexibility index (Phi) is 5.24. The maximum atomic E-state index is 3.55. The first-order chi connectivity index (χ1) is 10.0. The van der Waals surface area contributed by atoms with Gasteiger partial charge in [0.25, 0.3) is 0 Å². The minimum Gasteiger partial charge on any atom is -0.342 e. The van der Waals surface area contributed by atoms with Crippen molar-refractivity contribution in [2.45, 2.75) is 47.2 Å². The van der Waals surface area contributed by atoms with Crippen molar-refractivity contribution in [2.24, 2.45) is 5.92 Å². The summed E-state index contributed by atoms with van der Waals surface area (Å²) in [6, 6.07) is 13.4. The molecule has 0 saturated heterocycles. The molecule has 2 aromatic rings. The van der Waals surface area contributed by atoms with Crippen LogP contribution in [0, 0.1) is 19.8 Å². The molecule has 1 aromatic heterocycles. The molecule has 0 spiro atoms. The third-order valence-electron chi connectivity index (χ3n) is 4.13. The normalized spacial score (nSPS) is 12.9. The molecule has 0 aliphatic carbocycles. The molecule has 114 valence electrons. The first-order valence-electron chi connectivity index (χ1n) is 7.93. The van der Waals surface area contributed by atoms with Crippen molar-refractivity contribution in [3.05, 3.63) is 58.9 Å². The highest BCUT2D eigenvalue weighted by Crippen LogP contribution is 2.25. The van der Waals surface area contributed by atoms with Gasteiger partial charge in [0.1, 0.15) is 0 Å². The van der Waals surface area contributed by atoms with E-state index in [4.69, 9.17) is 0 Å². The van der Waals surface area contributed by atoms with Crippen LogP contribution in [0.1, 0.15) is 49.3 Å². The van der Waals surface area contributed by atoms with Crippen LogP contribution in [0.5, 0.6) is 0 Å². The van der Waals surface area contributed by atoms with Gasteiger partial charge in [0, 0.05) is 17.9 Å². The van der Waals surface area contributed by atoms with Crippen molar-refractivity contribution in [1.29, 1.82) is 0 Å². The highest BCUT2D eigenvalue weighted by atomic mass is 15.0. The molecule has 0 fully saturated rings. The number of rotatable bonds is 6. The van der Waals surface area contributed by atoms with Gasteiger partial charge >= 0.3 is 0 Å². The zero-order valence-corrected chi connectivity index (χ0v) is 14.0. The highest BCUT2D eigenvalue weighted by molar-refractivity contribution is 5.30. The zero-order valence-electron chi connectivity index (χ0n) is 14.0. The molecule has 0 unspecified atom stereocenters. The quantitative estimate of drug-likeness (QED) is 0.828. The SMILES string of the molecule is Cc1cc(CNCC(C)C)c(C)n1[C@@H](C)c1ccccc1. The molecule has 1 heterocycles. The van der Waals surface area contributed by atoms with E-state index >= 15 is 0 Å². The fourth-order valence-electron chi connectivity index (χ4n) is 3.00. The number of nitrogens with one attached hydrogen (secondary N) is 1. The van der Waals surface area contributed by atoms with E-state index in [1.54, 1.807) is 0 Å². The Balaban J connectivity index is 2.19. The van der Waals surface area contributed by atoms with E-state index in [1.807, 2.05) is 0 Å². The van der Waals surface area contributed by atoms with Crippen molar-refractivity contribution >= 4 is 0 Å². The molecule has 21 heavy (non-hydrogen) atoms. The van der Waals surface area contributed by atoms with Gasteiger partial charge in [0.05, 0.1) is 6.04 Å². The zero-order chi connectivity index (χ0) is 15.4. The molecule has 0 radical (unpaired) electrons. The van der Waals surface area contributed by atoms with E-state index in [0.717, 1.165) is 13.1 Å². The molecule has 0 amide bonds. The van der Waals surface area contributed by atoms with E-state index in [-0.39, 0.29) is 0 Å². The predicted octanol–water partition coefficient (Wildman–Crippen LogP) is 4.46. The minimum atomic E-state index is 0.380. The second kappa shape index (κ2) is 6.95. The molecule has 0 saturated carbocycles. The average molecular weight is 284 g/mol. The lowest BCUT2D eigenvalue weighted by atomic mass is 10.1. The second-order valence-corrected chi connectivity index (χ2v) is 6.38. The summed E-state index contributed by atoms with van der Waals surface area (Å²) in [5.41, 5.74) is 5.49. The predicted molar refractivity (Wildman–Crippen MR) is 90.7 cm³/mol. The van der Waals surface area contributed by atoms with Crippen molar-refractivity contribution in [3.8, 4) is 0 Å². The maximum absolute atomic E-state index is 3.55. The first kappa shape index (κ1) is 15.8. The summed E-state index contributed by atoms with van der Waals surface area (Å²) in [5.74, 6) is 0.691. The van der Waals surface area contributed by atoms with Gasteiger partial charge in [-0.05, 0) is 50.4 Å². The summed E-state index contributed by atoms with van der Waals surface area (Å²) in [6.07, 6.45) is 0. The Morgan fingerprint density at radius 2 is 1.71 bits per heavy atom. The maximum Gasteiger partial charge on any atom is 0.0556 e. The first-order valence-corrected chi connectivity index (χ1v) is 7.93. The van der Waals surface area contributed by atoms with Crippen molar-refractivity contribution in [3.63, 3.8) is 0 Å². The topological polar surface area (TPSA) is 17.0 Å². The number of aryl methyl sites for hydroxylation is 1. The highest BCUT2D eigenvalue weighted by Gasteiger charge is 2.15. The fraction of sp³-hybridized carbons (Fsp3) is 0.474. The van der Waals surface area contributed by atoms with Crippen LogP contribution in [-0.4, -0.2) is 11.1 Å². The van der Waals surface area contributed by atoms with Crippen LogP contribution >= 0.6 is 0 Å². The van der Waals surface area contributed by atoms with Gasteiger partial charge in [-0.1, -0.05) is 44.2 Å². The summed E-state index contributed by atoms with van der Waals surface area (Å²) >= 11 is 0. The van der Waals surface area contributed by atoms with Crippen LogP contribution in [0.4, 0.5) is 0 Å². The van der Waals surface area contributed by atoms with Crippen molar-refractivity contribution in [1.82, 2.24) is 9.88 Å². The molecule has 1 N–H and O–H groups in total. The van der Waals surface area contributed by atoms with Gasteiger partial charge in [-0.3, -0.25) is 0 Å². The van der Waals surface area contributed by atoms with Gasteiger partial charge in [0.15, 0.2) is 0 Å². The standard InChI is InChI=1S/C19H28N2/c1-14(2)12-20-13-19-11-15(3)21(17(19)5)16(4)18-9-7-6-8-10-18/h6-11,14,16,20H,12-13H2,1-5H3/t16-/m0/s1. The number of nitrogens with zero attached hydrogens (tertiary/aromatic N) is 1. The monoisotopic (exact) mass is 284 g/mol. The summed E-state index contributed by atoms with van der Waals surface area (Å²) in [7, 11) is 0. The van der Waals surface area contributed by atoms with Crippen molar-refractivity contribution in [2.75, 3.05) is 6.54 Å². The Morgan fingerprint density at radius 1 is 1.05 bits per heavy atom. The largest absolute Gasteiger partial charge is 0.342 e. The second-order valence-electron chi connectivity index (χ2n) is 6.38. The van der Waals surface area contributed by atoms with Gasteiger partial charge in [0.2, 0.25) is 0 Å². The van der Waals surface area contributed by atoms with Crippen LogP contribution in [-0.2, 0) is 6.54 Å². The van der Waals surface area contributed by atoms with Crippen LogP contribution in [0.3, 0.4) is 0 Å². The lowest BCUT2D eigenvalue weighted by molar-refractivity contribution is 0.548. The Hall–Kier alpha value is -1.54. The Labute approximate surface area is 129 Å². The van der Waals surface area contributed by atoms with Gasteiger partial charge in [-0.2, -0.15) is 0 Å². The average Bonchev–Trinajstić information content (AvgIpc) is 2.73. The molecule has 2 rings (SSSR count).